The molecule has 7 heteroatoms. The number of thiazole rings is 1. The van der Waals surface area contributed by atoms with E-state index < -0.39 is 0 Å². The van der Waals surface area contributed by atoms with Crippen molar-refractivity contribution in [3.8, 4) is 0 Å². The number of thioether (sulfide) groups is 1. The van der Waals surface area contributed by atoms with Crippen molar-refractivity contribution in [2.45, 2.75) is 30.6 Å². The molecular weight excluding hydrogens is 392 g/mol. The smallest absolute Gasteiger partial charge is 0.311 e. The number of amides is 1. The van der Waals surface area contributed by atoms with E-state index in [1.165, 1.54) is 23.1 Å². The van der Waals surface area contributed by atoms with Gasteiger partial charge in [-0.15, -0.1) is 11.3 Å². The van der Waals surface area contributed by atoms with Crippen LogP contribution in [0.1, 0.15) is 31.1 Å². The zero-order chi connectivity index (χ0) is 19.9. The number of carbonyl (C=O) groups excluding carboxylic acids is 2. The van der Waals surface area contributed by atoms with Crippen LogP contribution in [0.5, 0.6) is 0 Å². The third-order valence-electron chi connectivity index (χ3n) is 4.16. The lowest BCUT2D eigenvalue weighted by molar-refractivity contribution is -0.142. The second-order valence-corrected chi connectivity index (χ2v) is 8.31. The molecular formula is C21H22N2O3S2. The minimum absolute atomic E-state index is 0.0485. The Morgan fingerprint density at radius 3 is 2.82 bits per heavy atom. The molecule has 0 saturated heterocycles. The van der Waals surface area contributed by atoms with Gasteiger partial charge < -0.3 is 10.1 Å². The van der Waals surface area contributed by atoms with Crippen LogP contribution in [0.25, 0.3) is 10.8 Å². The van der Waals surface area contributed by atoms with Gasteiger partial charge >= 0.3 is 5.97 Å². The number of benzene rings is 2. The lowest BCUT2D eigenvalue weighted by Crippen LogP contribution is -2.28. The first kappa shape index (κ1) is 20.4. The van der Waals surface area contributed by atoms with E-state index in [2.05, 4.69) is 28.5 Å². The molecule has 0 fully saturated rings. The Hall–Kier alpha value is -2.38. The van der Waals surface area contributed by atoms with Crippen LogP contribution in [0.15, 0.2) is 52.2 Å². The van der Waals surface area contributed by atoms with Crippen LogP contribution in [0, 0.1) is 0 Å². The maximum Gasteiger partial charge on any atom is 0.311 e. The quantitative estimate of drug-likeness (QED) is 0.438. The zero-order valence-electron chi connectivity index (χ0n) is 15.8. The number of hydrogen-bond acceptors (Lipinski definition) is 6. The fourth-order valence-corrected chi connectivity index (χ4v) is 4.57. The number of aromatic nitrogens is 1. The Bertz CT molecular complexity index is 966. The highest BCUT2D eigenvalue weighted by molar-refractivity contribution is 8.01. The first-order valence-corrected chi connectivity index (χ1v) is 10.9. The summed E-state index contributed by atoms with van der Waals surface area (Å²) in [5, 5.41) is 7.19. The van der Waals surface area contributed by atoms with Crippen molar-refractivity contribution in [1.29, 1.82) is 0 Å². The van der Waals surface area contributed by atoms with Crippen LogP contribution < -0.4 is 5.32 Å². The van der Waals surface area contributed by atoms with Crippen molar-refractivity contribution in [2.24, 2.45) is 0 Å². The number of rotatable bonds is 8. The van der Waals surface area contributed by atoms with E-state index in [1.54, 1.807) is 6.92 Å². The van der Waals surface area contributed by atoms with Gasteiger partial charge in [0.25, 0.3) is 0 Å². The third kappa shape index (κ3) is 5.33. The maximum atomic E-state index is 12.4. The van der Waals surface area contributed by atoms with Crippen molar-refractivity contribution in [1.82, 2.24) is 10.3 Å². The standard InChI is InChI=1S/C21H22N2O3S2/c1-3-26-20(25)11-16-12-27-21(23-16)28-13-19(24)22-14(2)17-10-6-8-15-7-4-5-9-18(15)17/h4-10,12,14H,3,11,13H2,1-2H3,(H,22,24)/t14-/m0/s1. The summed E-state index contributed by atoms with van der Waals surface area (Å²) >= 11 is 2.81. The molecule has 3 rings (SSSR count). The highest BCUT2D eigenvalue weighted by Crippen LogP contribution is 2.25. The summed E-state index contributed by atoms with van der Waals surface area (Å²) in [6.07, 6.45) is 0.162. The van der Waals surface area contributed by atoms with Gasteiger partial charge in [0.15, 0.2) is 4.34 Å². The van der Waals surface area contributed by atoms with Gasteiger partial charge in [-0.2, -0.15) is 0 Å². The molecule has 1 N–H and O–H groups in total. The van der Waals surface area contributed by atoms with E-state index >= 15 is 0 Å². The molecule has 3 aromatic rings. The van der Waals surface area contributed by atoms with Gasteiger partial charge in [0.2, 0.25) is 5.91 Å². The molecule has 1 amide bonds. The van der Waals surface area contributed by atoms with Gasteiger partial charge in [-0.05, 0) is 30.2 Å². The van der Waals surface area contributed by atoms with E-state index in [4.69, 9.17) is 4.74 Å². The predicted octanol–water partition coefficient (Wildman–Crippen LogP) is 4.37. The molecule has 0 aliphatic carbocycles. The fourth-order valence-electron chi connectivity index (χ4n) is 2.91. The molecule has 1 heterocycles. The lowest BCUT2D eigenvalue weighted by atomic mass is 10.00. The van der Waals surface area contributed by atoms with Crippen LogP contribution >= 0.6 is 23.1 Å². The van der Waals surface area contributed by atoms with Crippen LogP contribution in [0.4, 0.5) is 0 Å². The Morgan fingerprint density at radius 1 is 1.21 bits per heavy atom. The molecule has 0 radical (unpaired) electrons. The van der Waals surface area contributed by atoms with E-state index in [0.29, 0.717) is 12.3 Å². The number of nitrogens with zero attached hydrogens (tertiary/aromatic N) is 1. The average molecular weight is 415 g/mol. The monoisotopic (exact) mass is 414 g/mol. The highest BCUT2D eigenvalue weighted by atomic mass is 32.2. The average Bonchev–Trinajstić information content (AvgIpc) is 3.13. The summed E-state index contributed by atoms with van der Waals surface area (Å²) in [7, 11) is 0. The maximum absolute atomic E-state index is 12.4. The molecule has 1 atom stereocenters. The van der Waals surface area contributed by atoms with Gasteiger partial charge in [-0.25, -0.2) is 4.98 Å². The van der Waals surface area contributed by atoms with Crippen molar-refractivity contribution >= 4 is 45.7 Å². The SMILES string of the molecule is CCOC(=O)Cc1csc(SCC(=O)N[C@@H](C)c2cccc3ccccc23)n1. The van der Waals surface area contributed by atoms with Gasteiger partial charge in [-0.3, -0.25) is 9.59 Å². The van der Waals surface area contributed by atoms with Gasteiger partial charge in [0.05, 0.1) is 30.5 Å². The summed E-state index contributed by atoms with van der Waals surface area (Å²) in [6.45, 7) is 4.13. The normalized spacial score (nSPS) is 11.9. The van der Waals surface area contributed by atoms with Gasteiger partial charge in [0.1, 0.15) is 0 Å². The minimum atomic E-state index is -0.286. The number of nitrogens with one attached hydrogen (secondary N) is 1. The van der Waals surface area contributed by atoms with E-state index in [0.717, 1.165) is 20.7 Å². The van der Waals surface area contributed by atoms with Crippen LogP contribution in [-0.4, -0.2) is 29.2 Å². The molecule has 0 unspecified atom stereocenters. The summed E-state index contributed by atoms with van der Waals surface area (Å²) < 4.78 is 5.69. The number of carbonyl (C=O) groups is 2. The molecule has 28 heavy (non-hydrogen) atoms. The predicted molar refractivity (Wildman–Crippen MR) is 114 cm³/mol. The topological polar surface area (TPSA) is 68.3 Å². The van der Waals surface area contributed by atoms with Crippen molar-refractivity contribution in [2.75, 3.05) is 12.4 Å². The summed E-state index contributed by atoms with van der Waals surface area (Å²) in [4.78, 5) is 28.3. The zero-order valence-corrected chi connectivity index (χ0v) is 17.4. The number of fused-ring (bicyclic) bond motifs is 1. The molecule has 2 aromatic carbocycles. The lowest BCUT2D eigenvalue weighted by Gasteiger charge is -2.16. The van der Waals surface area contributed by atoms with E-state index in [-0.39, 0.29) is 30.1 Å². The third-order valence-corrected chi connectivity index (χ3v) is 6.23. The van der Waals surface area contributed by atoms with Crippen molar-refractivity contribution < 1.29 is 14.3 Å². The number of esters is 1. The summed E-state index contributed by atoms with van der Waals surface area (Å²) in [5.41, 5.74) is 1.78. The number of hydrogen-bond donors (Lipinski definition) is 1. The van der Waals surface area contributed by atoms with Crippen molar-refractivity contribution in [3.05, 3.63) is 59.1 Å². The Labute approximate surface area is 172 Å². The van der Waals surface area contributed by atoms with Gasteiger partial charge in [0, 0.05) is 5.38 Å². The van der Waals surface area contributed by atoms with E-state index in [1.807, 2.05) is 36.6 Å². The molecule has 1 aromatic heterocycles. The first-order valence-electron chi connectivity index (χ1n) is 9.06. The van der Waals surface area contributed by atoms with Crippen LogP contribution in [-0.2, 0) is 20.7 Å². The number of ether oxygens (including phenoxy) is 1. The van der Waals surface area contributed by atoms with Crippen LogP contribution in [0.2, 0.25) is 0 Å². The van der Waals surface area contributed by atoms with Gasteiger partial charge in [-0.1, -0.05) is 54.2 Å². The van der Waals surface area contributed by atoms with E-state index in [9.17, 15) is 9.59 Å². The van der Waals surface area contributed by atoms with Crippen LogP contribution in [0.3, 0.4) is 0 Å². The molecule has 0 aliphatic heterocycles. The second kappa shape index (κ2) is 9.71. The minimum Gasteiger partial charge on any atom is -0.466 e. The Balaban J connectivity index is 1.54. The molecule has 5 nitrogen and oxygen atoms in total. The molecule has 0 saturated carbocycles. The first-order chi connectivity index (χ1) is 13.6. The fraction of sp³-hybridized carbons (Fsp3) is 0.286. The second-order valence-electron chi connectivity index (χ2n) is 6.23. The van der Waals surface area contributed by atoms with Crippen molar-refractivity contribution in [3.63, 3.8) is 0 Å². The summed E-state index contributed by atoms with van der Waals surface area (Å²) in [6, 6.07) is 14.2. The molecule has 0 spiro atoms. The Morgan fingerprint density at radius 2 is 2.00 bits per heavy atom. The Kier molecular flexibility index (Phi) is 7.06. The summed E-state index contributed by atoms with van der Waals surface area (Å²) in [5.74, 6) is -0.0554. The highest BCUT2D eigenvalue weighted by Gasteiger charge is 2.14. The molecule has 0 aliphatic rings. The molecule has 0 bridgehead atoms. The molecule has 146 valence electrons. The largest absolute Gasteiger partial charge is 0.466 e.